The molecule has 3 aliphatic rings. The van der Waals surface area contributed by atoms with Crippen LogP contribution in [0.4, 0.5) is 5.69 Å². The second-order valence-corrected chi connectivity index (χ2v) is 4.38. The number of anilines is 1. The van der Waals surface area contributed by atoms with Crippen LogP contribution in [-0.4, -0.2) is 6.04 Å². The van der Waals surface area contributed by atoms with Crippen molar-refractivity contribution in [3.05, 3.63) is 71.7 Å². The van der Waals surface area contributed by atoms with E-state index in [0.717, 1.165) is 0 Å². The molecule has 2 aliphatic heterocycles. The van der Waals surface area contributed by atoms with Crippen molar-refractivity contribution in [3.8, 4) is 0 Å². The fraction of sp³-hybridized carbons (Fsp3) is 0.0667. The van der Waals surface area contributed by atoms with Crippen LogP contribution in [0.3, 0.4) is 0 Å². The van der Waals surface area contributed by atoms with Gasteiger partial charge in [0.05, 0.1) is 18.6 Å². The lowest BCUT2D eigenvalue weighted by molar-refractivity contribution is 0.392. The summed E-state index contributed by atoms with van der Waals surface area (Å²) in [4.78, 5) is 0. The van der Waals surface area contributed by atoms with Gasteiger partial charge >= 0.3 is 0 Å². The number of hydrogen-bond donors (Lipinski definition) is 1. The average Bonchev–Trinajstić information content (AvgIpc) is 2.78. The van der Waals surface area contributed by atoms with Crippen molar-refractivity contribution in [1.82, 2.24) is 0 Å². The first-order chi connectivity index (χ1) is 8.43. The molecule has 0 bridgehead atoms. The van der Waals surface area contributed by atoms with Crippen LogP contribution in [0.2, 0.25) is 0 Å². The minimum absolute atomic E-state index is 0.234. The molecule has 82 valence electrons. The van der Waals surface area contributed by atoms with Crippen LogP contribution in [0.5, 0.6) is 0 Å². The Morgan fingerprint density at radius 3 is 3.00 bits per heavy atom. The van der Waals surface area contributed by atoms with E-state index in [1.165, 1.54) is 28.0 Å². The molecular formula is C15H11NO. The van der Waals surface area contributed by atoms with E-state index in [-0.39, 0.29) is 6.04 Å². The maximum Gasteiger partial charge on any atom is 0.0963 e. The van der Waals surface area contributed by atoms with Gasteiger partial charge in [-0.2, -0.15) is 0 Å². The average molecular weight is 221 g/mol. The molecular weight excluding hydrogens is 210 g/mol. The summed E-state index contributed by atoms with van der Waals surface area (Å²) in [6.45, 7) is 0. The summed E-state index contributed by atoms with van der Waals surface area (Å²) >= 11 is 0. The van der Waals surface area contributed by atoms with Crippen LogP contribution in [0.1, 0.15) is 5.56 Å². The van der Waals surface area contributed by atoms with Crippen LogP contribution >= 0.6 is 0 Å². The Bertz CT molecular complexity index is 620. The molecule has 1 N–H and O–H groups in total. The summed E-state index contributed by atoms with van der Waals surface area (Å²) < 4.78 is 5.30. The minimum Gasteiger partial charge on any atom is -0.472 e. The fourth-order valence-corrected chi connectivity index (χ4v) is 2.64. The molecule has 1 aromatic rings. The Hall–Kier alpha value is -2.22. The van der Waals surface area contributed by atoms with Gasteiger partial charge in [0, 0.05) is 16.8 Å². The van der Waals surface area contributed by atoms with Crippen molar-refractivity contribution >= 4 is 11.3 Å². The highest BCUT2D eigenvalue weighted by atomic mass is 16.5. The second kappa shape index (κ2) is 3.14. The molecule has 0 saturated heterocycles. The van der Waals surface area contributed by atoms with E-state index in [1.54, 1.807) is 6.26 Å². The summed E-state index contributed by atoms with van der Waals surface area (Å²) in [5.41, 5.74) is 6.26. The highest BCUT2D eigenvalue weighted by Gasteiger charge is 2.32. The standard InChI is InChI=1S/C15H11NO/c1-2-4-14-11(3-1)12-6-5-10-7-8-17-9-13(10)15(12)16-14/h1-9,15-16H. The molecule has 4 rings (SSSR count). The monoisotopic (exact) mass is 221 g/mol. The van der Waals surface area contributed by atoms with E-state index < -0.39 is 0 Å². The molecule has 2 heterocycles. The third-order valence-corrected chi connectivity index (χ3v) is 3.46. The Labute approximate surface area is 99.6 Å². The normalized spacial score (nSPS) is 23.3. The third-order valence-electron chi connectivity index (χ3n) is 3.46. The van der Waals surface area contributed by atoms with Gasteiger partial charge in [0.2, 0.25) is 0 Å². The van der Waals surface area contributed by atoms with Crippen LogP contribution in [-0.2, 0) is 4.74 Å². The topological polar surface area (TPSA) is 21.3 Å². The molecule has 0 amide bonds. The molecule has 0 saturated carbocycles. The summed E-state index contributed by atoms with van der Waals surface area (Å²) in [7, 11) is 0. The van der Waals surface area contributed by atoms with Crippen molar-refractivity contribution in [2.75, 3.05) is 5.32 Å². The number of rotatable bonds is 0. The van der Waals surface area contributed by atoms with E-state index in [4.69, 9.17) is 4.74 Å². The lowest BCUT2D eigenvalue weighted by Gasteiger charge is -2.23. The lowest BCUT2D eigenvalue weighted by Crippen LogP contribution is -2.21. The fourth-order valence-electron chi connectivity index (χ4n) is 2.64. The van der Waals surface area contributed by atoms with Crippen molar-refractivity contribution in [1.29, 1.82) is 0 Å². The molecule has 17 heavy (non-hydrogen) atoms. The largest absolute Gasteiger partial charge is 0.472 e. The summed E-state index contributed by atoms with van der Waals surface area (Å²) in [6, 6.07) is 8.65. The van der Waals surface area contributed by atoms with Crippen LogP contribution in [0.15, 0.2) is 66.2 Å². The van der Waals surface area contributed by atoms with Gasteiger partial charge in [-0.3, -0.25) is 0 Å². The highest BCUT2D eigenvalue weighted by molar-refractivity contribution is 5.92. The van der Waals surface area contributed by atoms with Gasteiger partial charge in [-0.15, -0.1) is 0 Å². The van der Waals surface area contributed by atoms with Gasteiger partial charge < -0.3 is 10.1 Å². The first-order valence-electron chi connectivity index (χ1n) is 5.74. The zero-order valence-corrected chi connectivity index (χ0v) is 9.18. The zero-order chi connectivity index (χ0) is 11.2. The van der Waals surface area contributed by atoms with E-state index in [2.05, 4.69) is 41.7 Å². The smallest absolute Gasteiger partial charge is 0.0963 e. The number of fused-ring (bicyclic) bond motifs is 5. The van der Waals surface area contributed by atoms with Gasteiger partial charge in [0.1, 0.15) is 0 Å². The predicted octanol–water partition coefficient (Wildman–Crippen LogP) is 3.23. The summed E-state index contributed by atoms with van der Waals surface area (Å²) in [5, 5.41) is 3.54. The number of nitrogens with one attached hydrogen (secondary N) is 1. The van der Waals surface area contributed by atoms with Crippen molar-refractivity contribution in [2.45, 2.75) is 6.04 Å². The van der Waals surface area contributed by atoms with E-state index in [1.807, 2.05) is 12.3 Å². The molecule has 2 heteroatoms. The van der Waals surface area contributed by atoms with Gasteiger partial charge in [-0.1, -0.05) is 30.4 Å². The van der Waals surface area contributed by atoms with Crippen LogP contribution in [0, 0.1) is 0 Å². The number of benzene rings is 1. The molecule has 0 fully saturated rings. The molecule has 1 atom stereocenters. The molecule has 0 radical (unpaired) electrons. The number of ether oxygens (including phenoxy) is 1. The Morgan fingerprint density at radius 1 is 1.06 bits per heavy atom. The zero-order valence-electron chi connectivity index (χ0n) is 9.18. The lowest BCUT2D eigenvalue weighted by atomic mass is 9.87. The van der Waals surface area contributed by atoms with Crippen molar-refractivity contribution in [3.63, 3.8) is 0 Å². The first kappa shape index (κ1) is 8.88. The van der Waals surface area contributed by atoms with Gasteiger partial charge in [-0.25, -0.2) is 0 Å². The van der Waals surface area contributed by atoms with Gasteiger partial charge in [0.25, 0.3) is 0 Å². The Kier molecular flexibility index (Phi) is 1.64. The molecule has 0 spiro atoms. The second-order valence-electron chi connectivity index (χ2n) is 4.38. The predicted molar refractivity (Wildman–Crippen MR) is 68.2 cm³/mol. The maximum atomic E-state index is 5.30. The third kappa shape index (κ3) is 1.15. The maximum absolute atomic E-state index is 5.30. The van der Waals surface area contributed by atoms with Crippen molar-refractivity contribution < 1.29 is 4.74 Å². The Morgan fingerprint density at radius 2 is 2.00 bits per heavy atom. The molecule has 1 unspecified atom stereocenters. The quantitative estimate of drug-likeness (QED) is 0.726. The van der Waals surface area contributed by atoms with E-state index in [9.17, 15) is 0 Å². The molecule has 1 aliphatic carbocycles. The number of allylic oxidation sites excluding steroid dienone is 3. The summed E-state index contributed by atoms with van der Waals surface area (Å²) in [6.07, 6.45) is 9.91. The number of hydrogen-bond acceptors (Lipinski definition) is 2. The SMILES string of the molecule is C1=CC2=CC=C3c4ccccc4NC3C2=CO1. The van der Waals surface area contributed by atoms with E-state index >= 15 is 0 Å². The van der Waals surface area contributed by atoms with Crippen LogP contribution < -0.4 is 5.32 Å². The molecule has 2 nitrogen and oxygen atoms in total. The Balaban J connectivity index is 1.90. The van der Waals surface area contributed by atoms with Gasteiger partial charge in [0.15, 0.2) is 0 Å². The summed E-state index contributed by atoms with van der Waals surface area (Å²) in [5.74, 6) is 0. The first-order valence-corrected chi connectivity index (χ1v) is 5.74. The van der Waals surface area contributed by atoms with E-state index in [0.29, 0.717) is 0 Å². The highest BCUT2D eigenvalue weighted by Crippen LogP contribution is 2.42. The number of para-hydroxylation sites is 1. The van der Waals surface area contributed by atoms with Crippen LogP contribution in [0.25, 0.3) is 5.57 Å². The van der Waals surface area contributed by atoms with Crippen molar-refractivity contribution in [2.24, 2.45) is 0 Å². The molecule has 0 aromatic heterocycles. The van der Waals surface area contributed by atoms with Gasteiger partial charge in [-0.05, 0) is 23.3 Å². The minimum atomic E-state index is 0.234. The molecule has 1 aromatic carbocycles.